The van der Waals surface area contributed by atoms with Crippen LogP contribution in [-0.4, -0.2) is 36.0 Å². The van der Waals surface area contributed by atoms with Crippen molar-refractivity contribution in [1.29, 1.82) is 0 Å². The van der Waals surface area contributed by atoms with Crippen LogP contribution in [0.3, 0.4) is 0 Å². The number of hydrogen-bond donors (Lipinski definition) is 2. The summed E-state index contributed by atoms with van der Waals surface area (Å²) in [4.78, 5) is 20.9. The molecule has 0 bridgehead atoms. The summed E-state index contributed by atoms with van der Waals surface area (Å²) in [7, 11) is 0. The summed E-state index contributed by atoms with van der Waals surface area (Å²) in [6.45, 7) is -0.192. The zero-order valence-electron chi connectivity index (χ0n) is 8.50. The SMILES string of the molecule is CC(CCC(=O)O)NC(=O)OCC(F)(F)F. The van der Waals surface area contributed by atoms with E-state index in [2.05, 4.69) is 10.1 Å². The fraction of sp³-hybridized carbons (Fsp3) is 0.750. The topological polar surface area (TPSA) is 75.6 Å². The Morgan fingerprint density at radius 3 is 2.44 bits per heavy atom. The summed E-state index contributed by atoms with van der Waals surface area (Å²) in [5.74, 6) is -1.04. The minimum Gasteiger partial charge on any atom is -0.481 e. The highest BCUT2D eigenvalue weighted by Gasteiger charge is 2.29. The van der Waals surface area contributed by atoms with Crippen LogP contribution in [0.1, 0.15) is 19.8 Å². The normalized spacial score (nSPS) is 13.0. The molecule has 0 aliphatic carbocycles. The first-order valence-electron chi connectivity index (χ1n) is 4.42. The molecule has 1 atom stereocenters. The molecule has 1 amide bonds. The summed E-state index contributed by atoms with van der Waals surface area (Å²) in [6, 6.07) is -0.558. The second-order valence-electron chi connectivity index (χ2n) is 3.17. The minimum atomic E-state index is -4.57. The van der Waals surface area contributed by atoms with Gasteiger partial charge in [-0.1, -0.05) is 0 Å². The number of rotatable bonds is 5. The molecule has 16 heavy (non-hydrogen) atoms. The Morgan fingerprint density at radius 2 is 2.00 bits per heavy atom. The molecule has 0 saturated heterocycles. The molecule has 0 fully saturated rings. The van der Waals surface area contributed by atoms with Crippen LogP contribution in [0.5, 0.6) is 0 Å². The Hall–Kier alpha value is -1.47. The molecule has 8 heteroatoms. The van der Waals surface area contributed by atoms with E-state index in [1.165, 1.54) is 6.92 Å². The summed E-state index contributed by atoms with van der Waals surface area (Å²) in [5, 5.41) is 10.4. The fourth-order valence-electron chi connectivity index (χ4n) is 0.802. The number of aliphatic carboxylic acids is 1. The van der Waals surface area contributed by atoms with Crippen LogP contribution < -0.4 is 5.32 Å². The van der Waals surface area contributed by atoms with Crippen molar-refractivity contribution in [2.75, 3.05) is 6.61 Å². The molecule has 0 saturated carbocycles. The van der Waals surface area contributed by atoms with Gasteiger partial charge in [0.25, 0.3) is 0 Å². The molecule has 0 heterocycles. The van der Waals surface area contributed by atoms with E-state index in [-0.39, 0.29) is 12.8 Å². The predicted molar refractivity (Wildman–Crippen MR) is 46.9 cm³/mol. The summed E-state index contributed by atoms with van der Waals surface area (Å²) in [6.07, 6.45) is -5.84. The average Bonchev–Trinajstić information content (AvgIpc) is 2.10. The van der Waals surface area contributed by atoms with E-state index in [9.17, 15) is 22.8 Å². The number of hydrogen-bond acceptors (Lipinski definition) is 3. The van der Waals surface area contributed by atoms with Crippen LogP contribution in [0, 0.1) is 0 Å². The van der Waals surface area contributed by atoms with E-state index in [0.717, 1.165) is 0 Å². The second kappa shape index (κ2) is 6.19. The minimum absolute atomic E-state index is 0.121. The highest BCUT2D eigenvalue weighted by atomic mass is 19.4. The smallest absolute Gasteiger partial charge is 0.422 e. The number of nitrogens with one attached hydrogen (secondary N) is 1. The molecule has 0 aromatic heterocycles. The molecule has 94 valence electrons. The van der Waals surface area contributed by atoms with Gasteiger partial charge >= 0.3 is 18.2 Å². The number of halogens is 3. The van der Waals surface area contributed by atoms with Gasteiger partial charge in [-0.15, -0.1) is 0 Å². The van der Waals surface area contributed by atoms with E-state index in [4.69, 9.17) is 5.11 Å². The van der Waals surface area contributed by atoms with Crippen molar-refractivity contribution < 1.29 is 32.6 Å². The standard InChI is InChI=1S/C8H12F3NO4/c1-5(2-3-6(13)14)12-7(15)16-4-8(9,10)11/h5H,2-4H2,1H3,(H,12,15)(H,13,14). The van der Waals surface area contributed by atoms with Crippen LogP contribution >= 0.6 is 0 Å². The fourth-order valence-corrected chi connectivity index (χ4v) is 0.802. The zero-order chi connectivity index (χ0) is 12.8. The average molecular weight is 243 g/mol. The van der Waals surface area contributed by atoms with Gasteiger partial charge in [0.2, 0.25) is 0 Å². The lowest BCUT2D eigenvalue weighted by Gasteiger charge is -2.13. The first-order chi connectivity index (χ1) is 7.20. The Kier molecular flexibility index (Phi) is 5.62. The highest BCUT2D eigenvalue weighted by molar-refractivity contribution is 5.68. The van der Waals surface area contributed by atoms with Gasteiger partial charge < -0.3 is 15.2 Å². The highest BCUT2D eigenvalue weighted by Crippen LogP contribution is 2.14. The van der Waals surface area contributed by atoms with Crippen molar-refractivity contribution in [2.45, 2.75) is 32.0 Å². The van der Waals surface area contributed by atoms with Crippen LogP contribution in [0.25, 0.3) is 0 Å². The van der Waals surface area contributed by atoms with Crippen molar-refractivity contribution in [3.63, 3.8) is 0 Å². The molecule has 0 aromatic carbocycles. The molecular formula is C8H12F3NO4. The molecule has 0 spiro atoms. The third kappa shape index (κ3) is 9.10. The van der Waals surface area contributed by atoms with E-state index < -0.39 is 30.9 Å². The number of alkyl halides is 3. The summed E-state index contributed by atoms with van der Waals surface area (Å²) < 4.78 is 38.7. The van der Waals surface area contributed by atoms with Gasteiger partial charge in [0, 0.05) is 12.5 Å². The van der Waals surface area contributed by atoms with Crippen molar-refractivity contribution in [3.8, 4) is 0 Å². The van der Waals surface area contributed by atoms with Gasteiger partial charge in [-0.05, 0) is 13.3 Å². The molecule has 5 nitrogen and oxygen atoms in total. The number of alkyl carbamates (subject to hydrolysis) is 1. The largest absolute Gasteiger partial charge is 0.481 e. The van der Waals surface area contributed by atoms with Crippen molar-refractivity contribution >= 4 is 12.1 Å². The lowest BCUT2D eigenvalue weighted by Crippen LogP contribution is -2.35. The molecular weight excluding hydrogens is 231 g/mol. The summed E-state index contributed by atoms with van der Waals surface area (Å²) >= 11 is 0. The first kappa shape index (κ1) is 14.5. The second-order valence-corrected chi connectivity index (χ2v) is 3.17. The number of carbonyl (C=O) groups is 2. The number of amides is 1. The quantitative estimate of drug-likeness (QED) is 0.767. The first-order valence-corrected chi connectivity index (χ1v) is 4.42. The molecule has 1 unspecified atom stereocenters. The van der Waals surface area contributed by atoms with Gasteiger partial charge in [0.1, 0.15) is 0 Å². The zero-order valence-corrected chi connectivity index (χ0v) is 8.50. The maximum Gasteiger partial charge on any atom is 0.422 e. The number of carbonyl (C=O) groups excluding carboxylic acids is 1. The lowest BCUT2D eigenvalue weighted by atomic mass is 10.2. The third-order valence-corrected chi connectivity index (χ3v) is 1.52. The van der Waals surface area contributed by atoms with E-state index in [1.807, 2.05) is 0 Å². The lowest BCUT2D eigenvalue weighted by molar-refractivity contribution is -0.160. The van der Waals surface area contributed by atoms with Gasteiger partial charge in [0.05, 0.1) is 0 Å². The molecule has 0 rings (SSSR count). The number of carboxylic acids is 1. The molecule has 0 radical (unpaired) electrons. The monoisotopic (exact) mass is 243 g/mol. The van der Waals surface area contributed by atoms with Crippen LogP contribution in [0.15, 0.2) is 0 Å². The van der Waals surface area contributed by atoms with Gasteiger partial charge in [-0.2, -0.15) is 13.2 Å². The molecule has 0 aliphatic heterocycles. The van der Waals surface area contributed by atoms with Crippen LogP contribution in [0.4, 0.5) is 18.0 Å². The Labute approximate surface area is 89.6 Å². The number of ether oxygens (including phenoxy) is 1. The van der Waals surface area contributed by atoms with E-state index >= 15 is 0 Å². The predicted octanol–water partition coefficient (Wildman–Crippen LogP) is 1.53. The van der Waals surface area contributed by atoms with E-state index in [1.54, 1.807) is 0 Å². The van der Waals surface area contributed by atoms with Crippen molar-refractivity contribution in [1.82, 2.24) is 5.32 Å². The Morgan fingerprint density at radius 1 is 1.44 bits per heavy atom. The van der Waals surface area contributed by atoms with Gasteiger partial charge in [-0.3, -0.25) is 4.79 Å². The van der Waals surface area contributed by atoms with E-state index in [0.29, 0.717) is 0 Å². The summed E-state index contributed by atoms with van der Waals surface area (Å²) in [5.41, 5.74) is 0. The molecule has 0 aliphatic rings. The van der Waals surface area contributed by atoms with Crippen LogP contribution in [0.2, 0.25) is 0 Å². The Bertz CT molecular complexity index is 254. The van der Waals surface area contributed by atoms with Gasteiger partial charge in [-0.25, -0.2) is 4.79 Å². The Balaban J connectivity index is 3.74. The third-order valence-electron chi connectivity index (χ3n) is 1.52. The molecule has 0 aromatic rings. The van der Waals surface area contributed by atoms with Gasteiger partial charge in [0.15, 0.2) is 6.61 Å². The maximum absolute atomic E-state index is 11.6. The van der Waals surface area contributed by atoms with Crippen molar-refractivity contribution in [3.05, 3.63) is 0 Å². The number of carboxylic acid groups (broad SMARTS) is 1. The molecule has 2 N–H and O–H groups in total. The maximum atomic E-state index is 11.6. The van der Waals surface area contributed by atoms with Crippen LogP contribution in [-0.2, 0) is 9.53 Å². The van der Waals surface area contributed by atoms with Crippen molar-refractivity contribution in [2.24, 2.45) is 0 Å².